The van der Waals surface area contributed by atoms with Gasteiger partial charge < -0.3 is 19.3 Å². The van der Waals surface area contributed by atoms with Gasteiger partial charge in [0.05, 0.1) is 30.6 Å². The number of carbonyl (C=O) groups excluding carboxylic acids is 2. The maximum absolute atomic E-state index is 13.0. The van der Waals surface area contributed by atoms with E-state index in [1.807, 2.05) is 21.4 Å². The Morgan fingerprint density at radius 3 is 2.78 bits per heavy atom. The topological polar surface area (TPSA) is 89.8 Å². The summed E-state index contributed by atoms with van der Waals surface area (Å²) in [6.45, 7) is 5.66. The highest BCUT2D eigenvalue weighted by atomic mass is 16.5. The van der Waals surface area contributed by atoms with E-state index in [0.717, 1.165) is 12.1 Å². The van der Waals surface area contributed by atoms with Gasteiger partial charge in [-0.2, -0.15) is 0 Å². The molecule has 0 saturated carbocycles. The van der Waals surface area contributed by atoms with Gasteiger partial charge in [0, 0.05) is 38.7 Å². The molecule has 2 atom stereocenters. The highest BCUT2D eigenvalue weighted by Crippen LogP contribution is 2.31. The van der Waals surface area contributed by atoms with Gasteiger partial charge >= 0.3 is 0 Å². The van der Waals surface area contributed by atoms with Crippen molar-refractivity contribution in [2.24, 2.45) is 5.92 Å². The van der Waals surface area contributed by atoms with Gasteiger partial charge in [0.2, 0.25) is 11.8 Å². The number of amides is 2. The van der Waals surface area contributed by atoms with Crippen LogP contribution < -0.4 is 0 Å². The number of piperidine rings is 2. The fourth-order valence-corrected chi connectivity index (χ4v) is 4.29. The molecule has 27 heavy (non-hydrogen) atoms. The van der Waals surface area contributed by atoms with E-state index in [1.165, 1.54) is 0 Å². The van der Waals surface area contributed by atoms with E-state index in [2.05, 4.69) is 10.3 Å². The van der Waals surface area contributed by atoms with Gasteiger partial charge in [-0.3, -0.25) is 9.59 Å². The second-order valence-electron chi connectivity index (χ2n) is 7.45. The number of nitrogens with zero attached hydrogens (tertiary/aromatic N) is 5. The van der Waals surface area contributed by atoms with Crippen LogP contribution >= 0.6 is 0 Å². The number of aromatic nitrogens is 3. The maximum Gasteiger partial charge on any atom is 0.248 e. The van der Waals surface area contributed by atoms with E-state index in [-0.39, 0.29) is 36.5 Å². The third kappa shape index (κ3) is 3.70. The van der Waals surface area contributed by atoms with Crippen LogP contribution in [0.25, 0.3) is 0 Å². The van der Waals surface area contributed by atoms with Crippen molar-refractivity contribution in [2.45, 2.75) is 44.9 Å². The zero-order chi connectivity index (χ0) is 18.8. The molecule has 0 bridgehead atoms. The zero-order valence-corrected chi connectivity index (χ0v) is 15.7. The Morgan fingerprint density at radius 1 is 1.22 bits per heavy atom. The number of ether oxygens (including phenoxy) is 2. The van der Waals surface area contributed by atoms with E-state index in [9.17, 15) is 9.59 Å². The Labute approximate surface area is 158 Å². The summed E-state index contributed by atoms with van der Waals surface area (Å²) in [6.07, 6.45) is 4.08. The molecule has 1 aromatic heterocycles. The van der Waals surface area contributed by atoms with Crippen molar-refractivity contribution >= 4 is 11.8 Å². The number of likely N-dealkylation sites (tertiary alicyclic amines) is 2. The zero-order valence-electron chi connectivity index (χ0n) is 15.7. The number of fused-ring (bicyclic) bond motifs is 3. The Kier molecular flexibility index (Phi) is 5.40. The van der Waals surface area contributed by atoms with Crippen molar-refractivity contribution in [2.75, 3.05) is 39.4 Å². The monoisotopic (exact) mass is 377 g/mol. The highest BCUT2D eigenvalue weighted by Gasteiger charge is 2.39. The molecule has 0 radical (unpaired) electrons. The van der Waals surface area contributed by atoms with Gasteiger partial charge in [0.15, 0.2) is 0 Å². The van der Waals surface area contributed by atoms with Crippen LogP contribution in [0, 0.1) is 5.92 Å². The first-order valence-electron chi connectivity index (χ1n) is 9.82. The van der Waals surface area contributed by atoms with E-state index < -0.39 is 0 Å². The van der Waals surface area contributed by atoms with Crippen molar-refractivity contribution in [3.8, 4) is 0 Å². The number of carbonyl (C=O) groups is 2. The van der Waals surface area contributed by atoms with E-state index in [1.54, 1.807) is 6.20 Å². The minimum Gasteiger partial charge on any atom is -0.372 e. The molecule has 1 aromatic rings. The highest BCUT2D eigenvalue weighted by molar-refractivity contribution is 5.80. The third-order valence-corrected chi connectivity index (χ3v) is 5.87. The predicted molar refractivity (Wildman–Crippen MR) is 94.6 cm³/mol. The summed E-state index contributed by atoms with van der Waals surface area (Å²) in [5.74, 6) is 0.191. The first-order valence-corrected chi connectivity index (χ1v) is 9.82. The lowest BCUT2D eigenvalue weighted by Gasteiger charge is -2.42. The van der Waals surface area contributed by atoms with Crippen molar-refractivity contribution in [3.63, 3.8) is 0 Å². The summed E-state index contributed by atoms with van der Waals surface area (Å²) in [5, 5.41) is 8.18. The molecule has 4 heterocycles. The first kappa shape index (κ1) is 18.4. The average molecular weight is 377 g/mol. The van der Waals surface area contributed by atoms with Gasteiger partial charge in [-0.25, -0.2) is 4.68 Å². The van der Waals surface area contributed by atoms with Gasteiger partial charge in [-0.1, -0.05) is 5.21 Å². The van der Waals surface area contributed by atoms with Crippen molar-refractivity contribution in [1.29, 1.82) is 0 Å². The van der Waals surface area contributed by atoms with Crippen LogP contribution in [0.1, 0.15) is 37.9 Å². The first-order chi connectivity index (χ1) is 13.2. The maximum atomic E-state index is 13.0. The molecule has 0 aliphatic carbocycles. The quantitative estimate of drug-likeness (QED) is 0.746. The van der Waals surface area contributed by atoms with Crippen molar-refractivity contribution in [3.05, 3.63) is 11.9 Å². The smallest absolute Gasteiger partial charge is 0.248 e. The van der Waals surface area contributed by atoms with Crippen molar-refractivity contribution < 1.29 is 19.1 Å². The summed E-state index contributed by atoms with van der Waals surface area (Å²) in [4.78, 5) is 28.9. The summed E-state index contributed by atoms with van der Waals surface area (Å²) < 4.78 is 13.0. The average Bonchev–Trinajstić information content (AvgIpc) is 3.20. The van der Waals surface area contributed by atoms with Crippen molar-refractivity contribution in [1.82, 2.24) is 24.8 Å². The molecule has 3 aliphatic rings. The third-order valence-electron chi connectivity index (χ3n) is 5.87. The summed E-state index contributed by atoms with van der Waals surface area (Å²) in [5.41, 5.74) is 0.965. The summed E-state index contributed by atoms with van der Waals surface area (Å²) >= 11 is 0. The van der Waals surface area contributed by atoms with E-state index in [0.29, 0.717) is 52.2 Å². The van der Waals surface area contributed by atoms with Gasteiger partial charge in [0.25, 0.3) is 0 Å². The molecule has 0 unspecified atom stereocenters. The van der Waals surface area contributed by atoms with Crippen LogP contribution in [-0.4, -0.2) is 82.1 Å². The molecular formula is C18H27N5O4. The number of rotatable bonds is 4. The minimum atomic E-state index is -0.0163. The van der Waals surface area contributed by atoms with Crippen LogP contribution in [0.5, 0.6) is 0 Å². The molecule has 0 spiro atoms. The Hall–Kier alpha value is -2.00. The normalized spacial score (nSPS) is 25.8. The second kappa shape index (κ2) is 7.93. The van der Waals surface area contributed by atoms with E-state index in [4.69, 9.17) is 9.47 Å². The fraction of sp³-hybridized carbons (Fsp3) is 0.778. The molecule has 2 amide bonds. The predicted octanol–water partition coefficient (Wildman–Crippen LogP) is 0.225. The lowest BCUT2D eigenvalue weighted by Crippen LogP contribution is -2.52. The lowest BCUT2D eigenvalue weighted by molar-refractivity contribution is -0.146. The van der Waals surface area contributed by atoms with Gasteiger partial charge in [0.1, 0.15) is 6.61 Å². The Morgan fingerprint density at radius 2 is 2.00 bits per heavy atom. The molecule has 2 fully saturated rings. The van der Waals surface area contributed by atoms with E-state index >= 15 is 0 Å². The standard InChI is InChI=1S/C18H27N5O4/c1-2-26-12-17(24)21-6-3-13(4-7-21)18(25)22-8-5-16-15(10-22)23-14(11-27-16)9-19-20-23/h9,13,15-16H,2-8,10-12H2,1H3/t15-,16+/m1/s1. The SMILES string of the molecule is CCOCC(=O)N1CCC(C(=O)N2CC[C@@H]3OCc4cnnn4[C@@H]3C2)CC1. The van der Waals surface area contributed by atoms with Gasteiger partial charge in [-0.15, -0.1) is 5.10 Å². The molecular weight excluding hydrogens is 350 g/mol. The molecule has 148 valence electrons. The molecule has 0 aromatic carbocycles. The molecule has 2 saturated heterocycles. The molecule has 9 heteroatoms. The fourth-order valence-electron chi connectivity index (χ4n) is 4.29. The minimum absolute atomic E-state index is 0.0154. The summed E-state index contributed by atoms with van der Waals surface area (Å²) in [7, 11) is 0. The molecule has 3 aliphatic heterocycles. The molecule has 0 N–H and O–H groups in total. The van der Waals surface area contributed by atoms with Crippen LogP contribution in [0.4, 0.5) is 0 Å². The van der Waals surface area contributed by atoms with Crippen LogP contribution in [0.15, 0.2) is 6.20 Å². The molecule has 9 nitrogen and oxygen atoms in total. The summed E-state index contributed by atoms with van der Waals surface area (Å²) in [6, 6.07) is 0.0433. The van der Waals surface area contributed by atoms with Crippen LogP contribution in [0.2, 0.25) is 0 Å². The largest absolute Gasteiger partial charge is 0.372 e. The van der Waals surface area contributed by atoms with Crippen LogP contribution in [0.3, 0.4) is 0 Å². The number of hydrogen-bond acceptors (Lipinski definition) is 6. The van der Waals surface area contributed by atoms with Gasteiger partial charge in [-0.05, 0) is 26.2 Å². The van der Waals surface area contributed by atoms with Crippen LogP contribution in [-0.2, 0) is 25.7 Å². The Balaban J connectivity index is 1.33. The second-order valence-corrected chi connectivity index (χ2v) is 7.45. The number of hydrogen-bond donors (Lipinski definition) is 0. The lowest BCUT2D eigenvalue weighted by atomic mass is 9.93. The Bertz CT molecular complexity index is 685. The molecule has 4 rings (SSSR count).